The number of rotatable bonds is 6. The Hall–Kier alpha value is -2.24. The second-order valence-electron chi connectivity index (χ2n) is 4.71. The van der Waals surface area contributed by atoms with Gasteiger partial charge in [-0.2, -0.15) is 0 Å². The van der Waals surface area contributed by atoms with Gasteiger partial charge in [0.1, 0.15) is 11.8 Å². The molecule has 1 aliphatic heterocycles. The molecule has 0 spiro atoms. The number of ether oxygens (including phenoxy) is 1. The minimum Gasteiger partial charge on any atom is -0.494 e. The molecule has 1 aromatic carbocycles. The van der Waals surface area contributed by atoms with Gasteiger partial charge in [-0.25, -0.2) is 4.79 Å². The summed E-state index contributed by atoms with van der Waals surface area (Å²) in [6.07, 6.45) is 0.716. The molecule has 1 fully saturated rings. The Bertz CT molecular complexity index is 473. The first-order valence-electron chi connectivity index (χ1n) is 6.67. The van der Waals surface area contributed by atoms with Crippen molar-refractivity contribution >= 4 is 11.9 Å². The molecule has 2 rings (SSSR count). The molecule has 0 unspecified atom stereocenters. The first-order chi connectivity index (χ1) is 9.65. The van der Waals surface area contributed by atoms with Crippen molar-refractivity contribution in [2.45, 2.75) is 19.4 Å². The van der Waals surface area contributed by atoms with Gasteiger partial charge in [-0.05, 0) is 25.5 Å². The Morgan fingerprint density at radius 2 is 2.15 bits per heavy atom. The normalized spacial score (nSPS) is 17.2. The summed E-state index contributed by atoms with van der Waals surface area (Å²) < 4.78 is 5.55. The summed E-state index contributed by atoms with van der Waals surface area (Å²) in [7, 11) is 0. The summed E-state index contributed by atoms with van der Waals surface area (Å²) in [5, 5.41) is 7.84. The van der Waals surface area contributed by atoms with E-state index >= 15 is 0 Å². The standard InChI is InChI=1S/C14H19N3O3/c1-10-3-5-11(6-4-10)20-8-2-7-15-13(18)12-9-16-14(19)17-12/h3-6,12H,2,7-9H2,1H3,(H,15,18)(H2,16,17,19)/t12-/m0/s1. The molecular formula is C14H19N3O3. The average molecular weight is 277 g/mol. The molecule has 108 valence electrons. The van der Waals surface area contributed by atoms with E-state index in [0.717, 1.165) is 5.75 Å². The summed E-state index contributed by atoms with van der Waals surface area (Å²) in [5.41, 5.74) is 1.19. The zero-order valence-electron chi connectivity index (χ0n) is 11.4. The summed E-state index contributed by atoms with van der Waals surface area (Å²) in [4.78, 5) is 22.5. The molecule has 0 aromatic heterocycles. The summed E-state index contributed by atoms with van der Waals surface area (Å²) in [6.45, 7) is 3.43. The van der Waals surface area contributed by atoms with Gasteiger partial charge in [-0.1, -0.05) is 17.7 Å². The number of nitrogens with one attached hydrogen (secondary N) is 3. The van der Waals surface area contributed by atoms with E-state index in [1.807, 2.05) is 31.2 Å². The van der Waals surface area contributed by atoms with Crippen LogP contribution in [-0.2, 0) is 4.79 Å². The molecule has 1 atom stereocenters. The van der Waals surface area contributed by atoms with Crippen LogP contribution in [0.15, 0.2) is 24.3 Å². The first-order valence-corrected chi connectivity index (χ1v) is 6.67. The molecular weight excluding hydrogens is 258 g/mol. The van der Waals surface area contributed by atoms with Crippen LogP contribution >= 0.6 is 0 Å². The van der Waals surface area contributed by atoms with E-state index in [1.165, 1.54) is 5.56 Å². The van der Waals surface area contributed by atoms with Gasteiger partial charge in [0, 0.05) is 13.1 Å². The van der Waals surface area contributed by atoms with Crippen LogP contribution in [-0.4, -0.2) is 37.7 Å². The fourth-order valence-corrected chi connectivity index (χ4v) is 1.84. The van der Waals surface area contributed by atoms with E-state index in [1.54, 1.807) is 0 Å². The minimum atomic E-state index is -0.472. The van der Waals surface area contributed by atoms with E-state index in [4.69, 9.17) is 4.74 Å². The average Bonchev–Trinajstić information content (AvgIpc) is 2.87. The van der Waals surface area contributed by atoms with Gasteiger partial charge >= 0.3 is 6.03 Å². The maximum Gasteiger partial charge on any atom is 0.315 e. The maximum absolute atomic E-state index is 11.7. The van der Waals surface area contributed by atoms with Crippen LogP contribution in [0.4, 0.5) is 4.79 Å². The van der Waals surface area contributed by atoms with Crippen molar-refractivity contribution in [3.63, 3.8) is 0 Å². The lowest BCUT2D eigenvalue weighted by molar-refractivity contribution is -0.122. The topological polar surface area (TPSA) is 79.5 Å². The van der Waals surface area contributed by atoms with E-state index in [9.17, 15) is 9.59 Å². The fraction of sp³-hybridized carbons (Fsp3) is 0.429. The number of urea groups is 1. The van der Waals surface area contributed by atoms with Crippen LogP contribution in [0.2, 0.25) is 0 Å². The second-order valence-corrected chi connectivity index (χ2v) is 4.71. The Kier molecular flexibility index (Phi) is 4.81. The lowest BCUT2D eigenvalue weighted by Gasteiger charge is -2.10. The van der Waals surface area contributed by atoms with Gasteiger partial charge in [0.05, 0.1) is 6.61 Å². The van der Waals surface area contributed by atoms with Gasteiger partial charge in [0.15, 0.2) is 0 Å². The lowest BCUT2D eigenvalue weighted by Crippen LogP contribution is -2.43. The zero-order valence-corrected chi connectivity index (χ0v) is 11.4. The highest BCUT2D eigenvalue weighted by Crippen LogP contribution is 2.11. The van der Waals surface area contributed by atoms with E-state index < -0.39 is 6.04 Å². The van der Waals surface area contributed by atoms with Crippen molar-refractivity contribution in [2.24, 2.45) is 0 Å². The third-order valence-electron chi connectivity index (χ3n) is 3.00. The Labute approximate surface area is 117 Å². The van der Waals surface area contributed by atoms with Crippen molar-refractivity contribution < 1.29 is 14.3 Å². The van der Waals surface area contributed by atoms with E-state index in [-0.39, 0.29) is 11.9 Å². The molecule has 3 amide bonds. The molecule has 20 heavy (non-hydrogen) atoms. The van der Waals surface area contributed by atoms with Crippen LogP contribution < -0.4 is 20.7 Å². The predicted molar refractivity (Wildman–Crippen MR) is 74.6 cm³/mol. The van der Waals surface area contributed by atoms with E-state index in [2.05, 4.69) is 16.0 Å². The smallest absolute Gasteiger partial charge is 0.315 e. The molecule has 1 aliphatic rings. The number of hydrogen-bond donors (Lipinski definition) is 3. The van der Waals surface area contributed by atoms with E-state index in [0.29, 0.717) is 26.1 Å². The van der Waals surface area contributed by atoms with Crippen LogP contribution in [0.3, 0.4) is 0 Å². The van der Waals surface area contributed by atoms with Crippen molar-refractivity contribution in [3.8, 4) is 5.75 Å². The summed E-state index contributed by atoms with van der Waals surface area (Å²) in [6, 6.07) is 7.06. The van der Waals surface area contributed by atoms with Crippen LogP contribution in [0.5, 0.6) is 5.75 Å². The number of hydrogen-bond acceptors (Lipinski definition) is 3. The Morgan fingerprint density at radius 1 is 1.40 bits per heavy atom. The third-order valence-corrected chi connectivity index (χ3v) is 3.00. The molecule has 1 heterocycles. The Balaban J connectivity index is 1.58. The highest BCUT2D eigenvalue weighted by molar-refractivity contribution is 5.90. The van der Waals surface area contributed by atoms with Crippen LogP contribution in [0, 0.1) is 6.92 Å². The van der Waals surface area contributed by atoms with Crippen molar-refractivity contribution in [1.29, 1.82) is 0 Å². The van der Waals surface area contributed by atoms with Gasteiger partial charge in [0.2, 0.25) is 5.91 Å². The molecule has 0 saturated carbocycles. The zero-order chi connectivity index (χ0) is 14.4. The molecule has 1 saturated heterocycles. The maximum atomic E-state index is 11.7. The van der Waals surface area contributed by atoms with Crippen molar-refractivity contribution in [3.05, 3.63) is 29.8 Å². The number of benzene rings is 1. The molecule has 0 bridgehead atoms. The highest BCUT2D eigenvalue weighted by atomic mass is 16.5. The monoisotopic (exact) mass is 277 g/mol. The van der Waals surface area contributed by atoms with Crippen molar-refractivity contribution in [1.82, 2.24) is 16.0 Å². The van der Waals surface area contributed by atoms with Gasteiger partial charge in [0.25, 0.3) is 0 Å². The molecule has 1 aromatic rings. The van der Waals surface area contributed by atoms with Crippen LogP contribution in [0.1, 0.15) is 12.0 Å². The molecule has 6 nitrogen and oxygen atoms in total. The quantitative estimate of drug-likeness (QED) is 0.665. The predicted octanol–water partition coefficient (Wildman–Crippen LogP) is 0.562. The molecule has 3 N–H and O–H groups in total. The summed E-state index contributed by atoms with van der Waals surface area (Å²) in [5.74, 6) is 0.660. The van der Waals surface area contributed by atoms with Crippen molar-refractivity contribution in [2.75, 3.05) is 19.7 Å². The second kappa shape index (κ2) is 6.79. The van der Waals surface area contributed by atoms with Gasteiger partial charge in [-0.3, -0.25) is 4.79 Å². The number of amides is 3. The minimum absolute atomic E-state index is 0.168. The molecule has 0 aliphatic carbocycles. The first kappa shape index (κ1) is 14.2. The Morgan fingerprint density at radius 3 is 2.80 bits per heavy atom. The number of carbonyl (C=O) groups is 2. The molecule has 0 radical (unpaired) electrons. The number of aryl methyl sites for hydroxylation is 1. The fourth-order valence-electron chi connectivity index (χ4n) is 1.84. The SMILES string of the molecule is Cc1ccc(OCCCNC(=O)[C@@H]2CNC(=O)N2)cc1. The van der Waals surface area contributed by atoms with Crippen LogP contribution in [0.25, 0.3) is 0 Å². The van der Waals surface area contributed by atoms with Gasteiger partial charge < -0.3 is 20.7 Å². The highest BCUT2D eigenvalue weighted by Gasteiger charge is 2.25. The third kappa shape index (κ3) is 4.15. The number of carbonyl (C=O) groups excluding carboxylic acids is 2. The lowest BCUT2D eigenvalue weighted by atomic mass is 10.2. The summed E-state index contributed by atoms with van der Waals surface area (Å²) >= 11 is 0. The molecule has 6 heteroatoms. The van der Waals surface area contributed by atoms with Gasteiger partial charge in [-0.15, -0.1) is 0 Å². The largest absolute Gasteiger partial charge is 0.494 e.